The molecule has 1 aliphatic rings. The third-order valence-electron chi connectivity index (χ3n) is 3.44. The van der Waals surface area contributed by atoms with Gasteiger partial charge in [0, 0.05) is 32.1 Å². The summed E-state index contributed by atoms with van der Waals surface area (Å²) in [6.45, 7) is 1.23. The molecule has 1 aromatic rings. The number of hydrogen-bond acceptors (Lipinski definition) is 5. The van der Waals surface area contributed by atoms with Crippen molar-refractivity contribution in [1.29, 1.82) is 0 Å². The van der Waals surface area contributed by atoms with Crippen molar-refractivity contribution in [1.82, 2.24) is 15.3 Å². The standard InChI is InChI=1S/C14H22N4O2/c1-20-8-7-15-14-16-9-11(10-17-14)13(19)18-12-5-3-2-4-6-12/h9-10,12H,2-8H2,1H3,(H,18,19)(H,15,16,17). The molecule has 1 saturated carbocycles. The minimum Gasteiger partial charge on any atom is -0.383 e. The number of amides is 1. The summed E-state index contributed by atoms with van der Waals surface area (Å²) in [5, 5.41) is 6.06. The molecule has 0 bridgehead atoms. The molecule has 6 heteroatoms. The fourth-order valence-corrected chi connectivity index (χ4v) is 2.32. The van der Waals surface area contributed by atoms with Gasteiger partial charge in [0.15, 0.2) is 0 Å². The second kappa shape index (κ2) is 7.79. The van der Waals surface area contributed by atoms with Gasteiger partial charge in [0.1, 0.15) is 0 Å². The first-order valence-electron chi connectivity index (χ1n) is 7.15. The van der Waals surface area contributed by atoms with Gasteiger partial charge in [-0.2, -0.15) is 0 Å². The SMILES string of the molecule is COCCNc1ncc(C(=O)NC2CCCCC2)cn1. The average Bonchev–Trinajstić information content (AvgIpc) is 2.49. The highest BCUT2D eigenvalue weighted by molar-refractivity contribution is 5.93. The second-order valence-electron chi connectivity index (χ2n) is 5.02. The third kappa shape index (κ3) is 4.45. The molecular formula is C14H22N4O2. The van der Waals surface area contributed by atoms with Crippen molar-refractivity contribution in [3.8, 4) is 0 Å². The van der Waals surface area contributed by atoms with Crippen molar-refractivity contribution in [3.63, 3.8) is 0 Å². The maximum Gasteiger partial charge on any atom is 0.254 e. The summed E-state index contributed by atoms with van der Waals surface area (Å²) in [4.78, 5) is 20.3. The molecule has 1 heterocycles. The number of methoxy groups -OCH3 is 1. The lowest BCUT2D eigenvalue weighted by Crippen LogP contribution is -2.36. The molecule has 0 radical (unpaired) electrons. The maximum atomic E-state index is 12.1. The van der Waals surface area contributed by atoms with Crippen LogP contribution >= 0.6 is 0 Å². The van der Waals surface area contributed by atoms with E-state index in [2.05, 4.69) is 20.6 Å². The number of rotatable bonds is 6. The number of nitrogens with one attached hydrogen (secondary N) is 2. The number of anilines is 1. The van der Waals surface area contributed by atoms with Gasteiger partial charge in [-0.15, -0.1) is 0 Å². The number of ether oxygens (including phenoxy) is 1. The van der Waals surface area contributed by atoms with Gasteiger partial charge in [-0.3, -0.25) is 4.79 Å². The highest BCUT2D eigenvalue weighted by Crippen LogP contribution is 2.17. The number of hydrogen-bond donors (Lipinski definition) is 2. The monoisotopic (exact) mass is 278 g/mol. The van der Waals surface area contributed by atoms with E-state index >= 15 is 0 Å². The van der Waals surface area contributed by atoms with Crippen molar-refractivity contribution in [2.24, 2.45) is 0 Å². The number of carbonyl (C=O) groups excluding carboxylic acids is 1. The van der Waals surface area contributed by atoms with E-state index in [4.69, 9.17) is 4.74 Å². The van der Waals surface area contributed by atoms with Gasteiger partial charge in [-0.1, -0.05) is 19.3 Å². The first-order valence-corrected chi connectivity index (χ1v) is 7.15. The molecule has 0 aliphatic heterocycles. The zero-order valence-corrected chi connectivity index (χ0v) is 11.9. The highest BCUT2D eigenvalue weighted by Gasteiger charge is 2.16. The lowest BCUT2D eigenvalue weighted by Gasteiger charge is -2.22. The van der Waals surface area contributed by atoms with Gasteiger partial charge < -0.3 is 15.4 Å². The van der Waals surface area contributed by atoms with Crippen LogP contribution in [-0.4, -0.2) is 42.2 Å². The van der Waals surface area contributed by atoms with E-state index < -0.39 is 0 Å². The predicted octanol–water partition coefficient (Wildman–Crippen LogP) is 1.60. The van der Waals surface area contributed by atoms with Crippen LogP contribution in [0.2, 0.25) is 0 Å². The van der Waals surface area contributed by atoms with E-state index in [1.165, 1.54) is 19.3 Å². The Balaban J connectivity index is 1.83. The highest BCUT2D eigenvalue weighted by atomic mass is 16.5. The topological polar surface area (TPSA) is 76.1 Å². The molecule has 2 rings (SSSR count). The molecule has 20 heavy (non-hydrogen) atoms. The van der Waals surface area contributed by atoms with Gasteiger partial charge >= 0.3 is 0 Å². The van der Waals surface area contributed by atoms with Crippen LogP contribution in [0.3, 0.4) is 0 Å². The minimum atomic E-state index is -0.0830. The van der Waals surface area contributed by atoms with Crippen LogP contribution in [0.25, 0.3) is 0 Å². The van der Waals surface area contributed by atoms with Crippen molar-refractivity contribution in [3.05, 3.63) is 18.0 Å². The van der Waals surface area contributed by atoms with E-state index in [1.807, 2.05) is 0 Å². The molecule has 6 nitrogen and oxygen atoms in total. The van der Waals surface area contributed by atoms with Crippen molar-refractivity contribution in [2.75, 3.05) is 25.6 Å². The predicted molar refractivity (Wildman–Crippen MR) is 76.7 cm³/mol. The van der Waals surface area contributed by atoms with Crippen LogP contribution in [0.5, 0.6) is 0 Å². The number of aromatic nitrogens is 2. The Morgan fingerprint density at radius 3 is 2.65 bits per heavy atom. The molecule has 0 spiro atoms. The van der Waals surface area contributed by atoms with Crippen LogP contribution in [0.15, 0.2) is 12.4 Å². The lowest BCUT2D eigenvalue weighted by atomic mass is 9.95. The fraction of sp³-hybridized carbons (Fsp3) is 0.643. The molecule has 0 atom stereocenters. The largest absolute Gasteiger partial charge is 0.383 e. The van der Waals surface area contributed by atoms with Crippen molar-refractivity contribution < 1.29 is 9.53 Å². The lowest BCUT2D eigenvalue weighted by molar-refractivity contribution is 0.0927. The van der Waals surface area contributed by atoms with Gasteiger partial charge in [0.2, 0.25) is 5.95 Å². The van der Waals surface area contributed by atoms with Crippen LogP contribution in [0, 0.1) is 0 Å². The number of nitrogens with zero attached hydrogens (tertiary/aromatic N) is 2. The Hall–Kier alpha value is -1.69. The first-order chi connectivity index (χ1) is 9.79. The third-order valence-corrected chi connectivity index (χ3v) is 3.44. The molecule has 1 aliphatic carbocycles. The van der Waals surface area contributed by atoms with Crippen LogP contribution in [0.1, 0.15) is 42.5 Å². The second-order valence-corrected chi connectivity index (χ2v) is 5.02. The summed E-state index contributed by atoms with van der Waals surface area (Å²) < 4.78 is 4.93. The molecule has 0 aromatic carbocycles. The summed E-state index contributed by atoms with van der Waals surface area (Å²) in [5.41, 5.74) is 0.507. The Bertz CT molecular complexity index is 416. The summed E-state index contributed by atoms with van der Waals surface area (Å²) in [7, 11) is 1.64. The van der Waals surface area contributed by atoms with Gasteiger partial charge in [0.25, 0.3) is 5.91 Å². The van der Waals surface area contributed by atoms with Gasteiger partial charge in [0.05, 0.1) is 12.2 Å². The Labute approximate surface area is 119 Å². The number of carbonyl (C=O) groups is 1. The van der Waals surface area contributed by atoms with Gasteiger partial charge in [-0.05, 0) is 12.8 Å². The Kier molecular flexibility index (Phi) is 5.73. The summed E-state index contributed by atoms with van der Waals surface area (Å²) in [6.07, 6.45) is 8.93. The Morgan fingerprint density at radius 1 is 1.30 bits per heavy atom. The average molecular weight is 278 g/mol. The van der Waals surface area contributed by atoms with E-state index in [9.17, 15) is 4.79 Å². The van der Waals surface area contributed by atoms with Crippen molar-refractivity contribution >= 4 is 11.9 Å². The quantitative estimate of drug-likeness (QED) is 0.773. The molecule has 0 unspecified atom stereocenters. The van der Waals surface area contributed by atoms with Crippen molar-refractivity contribution in [2.45, 2.75) is 38.1 Å². The zero-order chi connectivity index (χ0) is 14.2. The molecular weight excluding hydrogens is 256 g/mol. The summed E-state index contributed by atoms with van der Waals surface area (Å²) >= 11 is 0. The molecule has 110 valence electrons. The zero-order valence-electron chi connectivity index (χ0n) is 11.9. The first kappa shape index (κ1) is 14.7. The molecule has 1 aromatic heterocycles. The summed E-state index contributed by atoms with van der Waals surface area (Å²) in [5.74, 6) is 0.427. The molecule has 1 fully saturated rings. The van der Waals surface area contributed by atoms with E-state index in [0.717, 1.165) is 12.8 Å². The van der Waals surface area contributed by atoms with E-state index in [-0.39, 0.29) is 5.91 Å². The van der Waals surface area contributed by atoms with Crippen LogP contribution in [0.4, 0.5) is 5.95 Å². The molecule has 1 amide bonds. The minimum absolute atomic E-state index is 0.0830. The van der Waals surface area contributed by atoms with E-state index in [0.29, 0.717) is 30.7 Å². The smallest absolute Gasteiger partial charge is 0.254 e. The molecule has 2 N–H and O–H groups in total. The molecule has 0 saturated heterocycles. The fourth-order valence-electron chi connectivity index (χ4n) is 2.32. The van der Waals surface area contributed by atoms with Crippen LogP contribution in [-0.2, 0) is 4.74 Å². The Morgan fingerprint density at radius 2 is 2.00 bits per heavy atom. The maximum absolute atomic E-state index is 12.1. The van der Waals surface area contributed by atoms with Gasteiger partial charge in [-0.25, -0.2) is 9.97 Å². The normalized spacial score (nSPS) is 15.8. The summed E-state index contributed by atoms with van der Waals surface area (Å²) in [6, 6.07) is 0.302. The van der Waals surface area contributed by atoms with Crippen LogP contribution < -0.4 is 10.6 Å². The van der Waals surface area contributed by atoms with E-state index in [1.54, 1.807) is 19.5 Å².